The van der Waals surface area contributed by atoms with Gasteiger partial charge in [-0.3, -0.25) is 15.6 Å². The molecule has 5 nitrogen and oxygen atoms in total. The van der Waals surface area contributed by atoms with Crippen LogP contribution in [-0.4, -0.2) is 24.9 Å². The maximum absolute atomic E-state index is 12.1. The fraction of sp³-hybridized carbons (Fsp3) is 0.533. The summed E-state index contributed by atoms with van der Waals surface area (Å²) in [5, 5.41) is 0. The van der Waals surface area contributed by atoms with Crippen LogP contribution >= 0.6 is 0 Å². The highest BCUT2D eigenvalue weighted by Crippen LogP contribution is 2.38. The van der Waals surface area contributed by atoms with E-state index in [-0.39, 0.29) is 11.8 Å². The van der Waals surface area contributed by atoms with Crippen molar-refractivity contribution < 1.29 is 14.3 Å². The van der Waals surface area contributed by atoms with Gasteiger partial charge in [-0.05, 0) is 25.0 Å². The third kappa shape index (κ3) is 2.94. The first-order valence-electron chi connectivity index (χ1n) is 7.16. The molecule has 1 spiro atoms. The van der Waals surface area contributed by atoms with Gasteiger partial charge in [0, 0.05) is 18.8 Å². The second-order valence-corrected chi connectivity index (χ2v) is 5.36. The van der Waals surface area contributed by atoms with E-state index in [2.05, 4.69) is 10.9 Å². The molecule has 0 aromatic heterocycles. The Morgan fingerprint density at radius 2 is 1.75 bits per heavy atom. The third-order valence-corrected chi connectivity index (χ3v) is 4.04. The van der Waals surface area contributed by atoms with Gasteiger partial charge in [0.15, 0.2) is 5.79 Å². The Morgan fingerprint density at radius 1 is 1.10 bits per heavy atom. The van der Waals surface area contributed by atoms with Crippen molar-refractivity contribution >= 4 is 11.6 Å². The normalized spacial score (nSPS) is 21.8. The number of para-hydroxylation sites is 1. The smallest absolute Gasteiger partial charge is 0.241 e. The number of benzene rings is 1. The number of hydrogen-bond acceptors (Lipinski definition) is 4. The number of hydrogen-bond donors (Lipinski definition) is 2. The number of carbonyl (C=O) groups excluding carboxylic acids is 1. The van der Waals surface area contributed by atoms with Gasteiger partial charge in [-0.15, -0.1) is 0 Å². The zero-order valence-corrected chi connectivity index (χ0v) is 11.4. The van der Waals surface area contributed by atoms with Crippen LogP contribution in [0.3, 0.4) is 0 Å². The Hall–Kier alpha value is -1.59. The van der Waals surface area contributed by atoms with Crippen molar-refractivity contribution in [2.45, 2.75) is 31.5 Å². The summed E-state index contributed by atoms with van der Waals surface area (Å²) in [5.41, 5.74) is 6.60. The van der Waals surface area contributed by atoms with E-state index in [9.17, 15) is 4.79 Å². The lowest BCUT2D eigenvalue weighted by Crippen LogP contribution is -2.41. The molecule has 5 heteroatoms. The Labute approximate surface area is 118 Å². The molecule has 1 aromatic rings. The number of nitrogens with one attached hydrogen (secondary N) is 2. The lowest BCUT2D eigenvalue weighted by atomic mass is 9.84. The number of rotatable bonds is 3. The molecule has 1 amide bonds. The van der Waals surface area contributed by atoms with Crippen molar-refractivity contribution in [3.8, 4) is 0 Å². The molecule has 1 saturated heterocycles. The number of amides is 1. The maximum atomic E-state index is 12.1. The van der Waals surface area contributed by atoms with Gasteiger partial charge in [0.1, 0.15) is 0 Å². The van der Waals surface area contributed by atoms with Crippen LogP contribution in [0.1, 0.15) is 25.7 Å². The van der Waals surface area contributed by atoms with Gasteiger partial charge in [-0.25, -0.2) is 0 Å². The fourth-order valence-corrected chi connectivity index (χ4v) is 2.86. The zero-order valence-electron chi connectivity index (χ0n) is 11.4. The Kier molecular flexibility index (Phi) is 3.89. The van der Waals surface area contributed by atoms with Crippen molar-refractivity contribution in [2.75, 3.05) is 18.6 Å². The van der Waals surface area contributed by atoms with Crippen molar-refractivity contribution in [1.29, 1.82) is 0 Å². The van der Waals surface area contributed by atoms with Gasteiger partial charge in [0.2, 0.25) is 5.91 Å². The predicted molar refractivity (Wildman–Crippen MR) is 74.8 cm³/mol. The number of anilines is 1. The van der Waals surface area contributed by atoms with Crippen molar-refractivity contribution in [1.82, 2.24) is 5.43 Å². The number of hydrazine groups is 1. The lowest BCUT2D eigenvalue weighted by Gasteiger charge is -2.34. The van der Waals surface area contributed by atoms with Crippen LogP contribution in [0.4, 0.5) is 5.69 Å². The molecular weight excluding hydrogens is 256 g/mol. The van der Waals surface area contributed by atoms with Crippen LogP contribution in [-0.2, 0) is 14.3 Å². The molecule has 2 fully saturated rings. The summed E-state index contributed by atoms with van der Waals surface area (Å²) in [6, 6.07) is 9.61. The minimum atomic E-state index is -0.399. The van der Waals surface area contributed by atoms with Crippen LogP contribution in [0, 0.1) is 5.92 Å². The monoisotopic (exact) mass is 276 g/mol. The van der Waals surface area contributed by atoms with E-state index in [0.29, 0.717) is 13.2 Å². The standard InChI is InChI=1S/C15H20N2O3/c18-14(17-16-13-4-2-1-3-5-13)12-6-8-15(9-7-12)19-10-11-20-15/h1-5,12,16H,6-11H2,(H,17,18). The van der Waals surface area contributed by atoms with Crippen LogP contribution in [0.2, 0.25) is 0 Å². The maximum Gasteiger partial charge on any atom is 0.241 e. The molecule has 0 bridgehead atoms. The molecule has 108 valence electrons. The Bertz CT molecular complexity index is 447. The van der Waals surface area contributed by atoms with Gasteiger partial charge in [0.05, 0.1) is 18.9 Å². The molecule has 2 N–H and O–H groups in total. The Balaban J connectivity index is 1.47. The predicted octanol–water partition coefficient (Wildman–Crippen LogP) is 2.06. The van der Waals surface area contributed by atoms with Crippen LogP contribution < -0.4 is 10.9 Å². The summed E-state index contributed by atoms with van der Waals surface area (Å²) in [5.74, 6) is -0.324. The van der Waals surface area contributed by atoms with E-state index in [0.717, 1.165) is 31.4 Å². The molecule has 1 saturated carbocycles. The van der Waals surface area contributed by atoms with Gasteiger partial charge < -0.3 is 9.47 Å². The summed E-state index contributed by atoms with van der Waals surface area (Å²) < 4.78 is 11.3. The van der Waals surface area contributed by atoms with Crippen molar-refractivity contribution in [3.05, 3.63) is 30.3 Å². The number of ether oxygens (including phenoxy) is 2. The van der Waals surface area contributed by atoms with Gasteiger partial charge in [-0.1, -0.05) is 18.2 Å². The van der Waals surface area contributed by atoms with E-state index >= 15 is 0 Å². The highest BCUT2D eigenvalue weighted by Gasteiger charge is 2.41. The quantitative estimate of drug-likeness (QED) is 0.830. The lowest BCUT2D eigenvalue weighted by molar-refractivity contribution is -0.183. The first-order valence-corrected chi connectivity index (χ1v) is 7.16. The molecular formula is C15H20N2O3. The summed E-state index contributed by atoms with van der Waals surface area (Å²) in [6.07, 6.45) is 3.22. The summed E-state index contributed by atoms with van der Waals surface area (Å²) in [6.45, 7) is 1.35. The zero-order chi connectivity index (χ0) is 13.8. The second-order valence-electron chi connectivity index (χ2n) is 5.36. The van der Waals surface area contributed by atoms with Crippen LogP contribution in [0.5, 0.6) is 0 Å². The Morgan fingerprint density at radius 3 is 2.40 bits per heavy atom. The highest BCUT2D eigenvalue weighted by atomic mass is 16.7. The average Bonchev–Trinajstić information content (AvgIpc) is 2.95. The van der Waals surface area contributed by atoms with E-state index in [4.69, 9.17) is 9.47 Å². The van der Waals surface area contributed by atoms with Crippen molar-refractivity contribution in [3.63, 3.8) is 0 Å². The second kappa shape index (κ2) is 5.81. The van der Waals surface area contributed by atoms with E-state index < -0.39 is 5.79 Å². The van der Waals surface area contributed by atoms with Crippen LogP contribution in [0.15, 0.2) is 30.3 Å². The first kappa shape index (κ1) is 13.4. The fourth-order valence-electron chi connectivity index (χ4n) is 2.86. The molecule has 2 aliphatic rings. The molecule has 3 rings (SSSR count). The van der Waals surface area contributed by atoms with Crippen molar-refractivity contribution in [2.24, 2.45) is 5.92 Å². The van der Waals surface area contributed by atoms with E-state index in [1.165, 1.54) is 0 Å². The minimum absolute atomic E-state index is 0.0321. The SMILES string of the molecule is O=C(NNc1ccccc1)C1CCC2(CC1)OCCO2. The van der Waals surface area contributed by atoms with E-state index in [1.807, 2.05) is 30.3 Å². The number of carbonyl (C=O) groups is 1. The van der Waals surface area contributed by atoms with Crippen LogP contribution in [0.25, 0.3) is 0 Å². The summed E-state index contributed by atoms with van der Waals surface area (Å²) in [7, 11) is 0. The van der Waals surface area contributed by atoms with Gasteiger partial charge >= 0.3 is 0 Å². The summed E-state index contributed by atoms with van der Waals surface area (Å²) in [4.78, 5) is 12.1. The van der Waals surface area contributed by atoms with E-state index in [1.54, 1.807) is 0 Å². The van der Waals surface area contributed by atoms with Gasteiger partial charge in [0.25, 0.3) is 0 Å². The first-order chi connectivity index (χ1) is 9.77. The minimum Gasteiger partial charge on any atom is -0.348 e. The molecule has 0 atom stereocenters. The molecule has 1 aliphatic carbocycles. The molecule has 1 heterocycles. The molecule has 0 radical (unpaired) electrons. The third-order valence-electron chi connectivity index (χ3n) is 4.04. The topological polar surface area (TPSA) is 59.6 Å². The highest BCUT2D eigenvalue weighted by molar-refractivity contribution is 5.80. The molecule has 1 aliphatic heterocycles. The summed E-state index contributed by atoms with van der Waals surface area (Å²) >= 11 is 0. The average molecular weight is 276 g/mol. The van der Waals surface area contributed by atoms with Gasteiger partial charge in [-0.2, -0.15) is 0 Å². The molecule has 20 heavy (non-hydrogen) atoms. The molecule has 0 unspecified atom stereocenters. The largest absolute Gasteiger partial charge is 0.348 e. The molecule has 1 aromatic carbocycles.